The first-order valence-electron chi connectivity index (χ1n) is 15.1. The van der Waals surface area contributed by atoms with Gasteiger partial charge in [0.15, 0.2) is 49.8 Å². The molecular formula is C20H31N3O30S5-6. The third-order valence-electron chi connectivity index (χ3n) is 7.71. The maximum Gasteiger partial charge on any atom is 0.217 e. The van der Waals surface area contributed by atoms with E-state index in [1.165, 1.54) is 14.2 Å². The number of hydrogen-bond donors (Lipinski definition) is 8. The molecule has 3 aliphatic heterocycles. The van der Waals surface area contributed by atoms with Crippen LogP contribution in [-0.4, -0.2) is 215 Å². The molecule has 0 aromatic carbocycles. The molecule has 15 atom stereocenters. The second kappa shape index (κ2) is 19.6. The van der Waals surface area contributed by atoms with Crippen molar-refractivity contribution in [2.45, 2.75) is 92.0 Å². The molecule has 0 saturated carbocycles. The molecule has 0 aromatic rings. The van der Waals surface area contributed by atoms with Gasteiger partial charge in [-0.2, -0.15) is 0 Å². The van der Waals surface area contributed by atoms with E-state index in [0.29, 0.717) is 0 Å². The Morgan fingerprint density at radius 2 is 1.05 bits per heavy atom. The van der Waals surface area contributed by atoms with E-state index in [9.17, 15) is 100 Å². The van der Waals surface area contributed by atoms with Crippen molar-refractivity contribution >= 4 is 57.7 Å². The van der Waals surface area contributed by atoms with Crippen molar-refractivity contribution in [2.24, 2.45) is 0 Å². The molecule has 3 aliphatic rings. The predicted molar refractivity (Wildman–Crippen MR) is 159 cm³/mol. The van der Waals surface area contributed by atoms with Crippen molar-refractivity contribution in [3.63, 3.8) is 0 Å². The van der Waals surface area contributed by atoms with E-state index < -0.39 is 176 Å². The first-order valence-corrected chi connectivity index (χ1v) is 22.0. The second-order valence-electron chi connectivity index (χ2n) is 11.8. The van der Waals surface area contributed by atoms with Gasteiger partial charge in [-0.05, 0) is 0 Å². The van der Waals surface area contributed by atoms with Crippen LogP contribution in [0.1, 0.15) is 0 Å². The topological polar surface area (TPSA) is 537 Å². The summed E-state index contributed by atoms with van der Waals surface area (Å²) in [5.41, 5.74) is 0. The van der Waals surface area contributed by atoms with Crippen LogP contribution < -0.4 is 19.3 Å². The van der Waals surface area contributed by atoms with Gasteiger partial charge in [-0.1, -0.05) is 0 Å². The smallest absolute Gasteiger partial charge is 0.217 e. The number of aliphatic hydroxyl groups is 5. The molecule has 0 bridgehead atoms. The number of carboxylic acid groups (broad SMARTS) is 1. The Morgan fingerprint density at radius 3 is 1.53 bits per heavy atom. The molecule has 33 nitrogen and oxygen atoms in total. The highest BCUT2D eigenvalue weighted by atomic mass is 32.3. The molecule has 3 saturated heterocycles. The molecule has 342 valence electrons. The summed E-state index contributed by atoms with van der Waals surface area (Å²) in [7, 11) is -27.6. The van der Waals surface area contributed by atoms with E-state index in [1.807, 2.05) is 0 Å². The molecular weight excluding hydrogens is 923 g/mol. The van der Waals surface area contributed by atoms with Gasteiger partial charge in [0.05, 0.1) is 25.8 Å². The van der Waals surface area contributed by atoms with Crippen molar-refractivity contribution < 1.29 is 137 Å². The number of carbonyl (C=O) groups excluding carboxylic acids is 1. The third kappa shape index (κ3) is 15.4. The van der Waals surface area contributed by atoms with E-state index in [2.05, 4.69) is 8.37 Å². The molecule has 58 heavy (non-hydrogen) atoms. The standard InChI is InChI=1S/C20H37N3O30S5/c24-9-5(3-47-57(40,41)42)49-19(7(10(9)25)22-55(34,35)36)52-15-12(27)13(28)20(53-16(15)17(29)30)51-14-6(4-48-58(43,44)45)50-18(46-2-1-21-54(31,32)33)8(11(14)26)23-56(37,38)39/h5-16,18-28H,1-4H2,(H,29,30)(H,31,32,33)(H,34,35,36)(H,37,38,39)(H,40,41,42)(H,43,44,45)/p-6/t5-,6-,7-,8-,9-,10-,11-,12-,13-,14-,15+,16+,18-,19-,20-/m1/s1. The number of carboxylic acids is 1. The van der Waals surface area contributed by atoms with Gasteiger partial charge in [0.25, 0.3) is 0 Å². The zero-order valence-electron chi connectivity index (χ0n) is 28.0. The molecule has 0 aromatic heterocycles. The van der Waals surface area contributed by atoms with Gasteiger partial charge in [-0.3, -0.25) is 8.37 Å². The van der Waals surface area contributed by atoms with Crippen molar-refractivity contribution in [1.82, 2.24) is 14.2 Å². The number of carbonyl (C=O) groups is 1. The summed E-state index contributed by atoms with van der Waals surface area (Å²) >= 11 is 0. The largest absolute Gasteiger partial charge is 0.735 e. The van der Waals surface area contributed by atoms with Gasteiger partial charge in [0.2, 0.25) is 20.8 Å². The van der Waals surface area contributed by atoms with Crippen molar-refractivity contribution in [1.29, 1.82) is 0 Å². The summed E-state index contributed by atoms with van der Waals surface area (Å²) in [6.07, 6.45) is -32.8. The number of rotatable bonds is 20. The molecule has 0 aliphatic carbocycles. The molecule has 8 N–H and O–H groups in total. The van der Waals surface area contributed by atoms with Gasteiger partial charge in [0.1, 0.15) is 73.1 Å². The Hall–Kier alpha value is -1.62. The summed E-state index contributed by atoms with van der Waals surface area (Å²) in [6.45, 7) is -4.73. The van der Waals surface area contributed by atoms with Crippen LogP contribution in [0.3, 0.4) is 0 Å². The zero-order chi connectivity index (χ0) is 44.3. The Kier molecular flexibility index (Phi) is 17.2. The summed E-state index contributed by atoms with van der Waals surface area (Å²) in [5, 5.41) is 66.0. The lowest BCUT2D eigenvalue weighted by atomic mass is 9.95. The molecule has 0 radical (unpaired) electrons. The lowest BCUT2D eigenvalue weighted by Crippen LogP contribution is -2.70. The van der Waals surface area contributed by atoms with Crippen molar-refractivity contribution in [3.05, 3.63) is 0 Å². The van der Waals surface area contributed by atoms with Crippen LogP contribution in [-0.2, 0) is 93.3 Å². The number of aliphatic hydroxyl groups excluding tert-OH is 5. The molecule has 0 unspecified atom stereocenters. The van der Waals surface area contributed by atoms with Crippen LogP contribution in [0.25, 0.3) is 0 Å². The quantitative estimate of drug-likeness (QED) is 0.0319. The van der Waals surface area contributed by atoms with Crippen molar-refractivity contribution in [3.8, 4) is 0 Å². The predicted octanol–water partition coefficient (Wildman–Crippen LogP) is -12.7. The van der Waals surface area contributed by atoms with Gasteiger partial charge < -0.3 is 86.6 Å². The van der Waals surface area contributed by atoms with Crippen LogP contribution in [0, 0.1) is 0 Å². The van der Waals surface area contributed by atoms with Crippen molar-refractivity contribution in [2.75, 3.05) is 26.4 Å². The fraction of sp³-hybridized carbons (Fsp3) is 0.950. The minimum absolute atomic E-state index is 0.867. The van der Waals surface area contributed by atoms with Crippen LogP contribution in [0.5, 0.6) is 0 Å². The molecule has 3 rings (SSSR count). The number of aliphatic carboxylic acids is 1. The first-order chi connectivity index (χ1) is 26.3. The van der Waals surface area contributed by atoms with Crippen LogP contribution in [0.2, 0.25) is 0 Å². The molecule has 3 heterocycles. The Morgan fingerprint density at radius 1 is 0.569 bits per heavy atom. The Balaban J connectivity index is 1.96. The summed E-state index contributed by atoms with van der Waals surface area (Å²) in [4.78, 5) is 12.2. The number of nitrogens with one attached hydrogen (secondary N) is 3. The monoisotopic (exact) mass is 953 g/mol. The Labute approximate surface area is 326 Å². The van der Waals surface area contributed by atoms with Crippen LogP contribution in [0.15, 0.2) is 0 Å². The summed E-state index contributed by atoms with van der Waals surface area (Å²) < 4.78 is 211. The van der Waals surface area contributed by atoms with E-state index in [4.69, 9.17) is 28.4 Å². The normalized spacial score (nSPS) is 37.0. The highest BCUT2D eigenvalue weighted by Crippen LogP contribution is 2.33. The fourth-order valence-corrected chi connectivity index (χ4v) is 7.48. The lowest BCUT2D eigenvalue weighted by Gasteiger charge is -2.49. The molecule has 3 fully saturated rings. The lowest BCUT2D eigenvalue weighted by molar-refractivity contribution is -0.381. The van der Waals surface area contributed by atoms with Crippen LogP contribution in [0.4, 0.5) is 0 Å². The van der Waals surface area contributed by atoms with E-state index in [-0.39, 0.29) is 0 Å². The maximum atomic E-state index is 12.2. The first kappa shape index (κ1) is 50.7. The third-order valence-corrected chi connectivity index (χ3v) is 10.2. The highest BCUT2D eigenvalue weighted by Gasteiger charge is 2.55. The maximum absolute atomic E-state index is 12.2. The highest BCUT2D eigenvalue weighted by molar-refractivity contribution is 7.84. The average Bonchev–Trinajstić information content (AvgIpc) is 3.04. The van der Waals surface area contributed by atoms with E-state index >= 15 is 0 Å². The summed E-state index contributed by atoms with van der Waals surface area (Å²) in [5.74, 6) is -2.42. The van der Waals surface area contributed by atoms with Gasteiger partial charge >= 0.3 is 0 Å². The SMILES string of the molecule is O=C([O-])[C@H]1O[C@@H](O[C@H]2[C@H](O)[C@@H](NS(=O)(=O)[O-])[C@H](OCCNS(=O)(=O)[O-])O[C@@H]2COS(=O)(=O)[O-])[C@H](O)[C@@H](O)[C@@H]1O[C@H]1O[C@H](COS(=O)(=O)[O-])[C@@H](O)[C@H](O)[C@H]1NS(=O)(=O)[O-]. The van der Waals surface area contributed by atoms with E-state index in [1.54, 1.807) is 0 Å². The fourth-order valence-electron chi connectivity index (χ4n) is 5.38. The Bertz CT molecular complexity index is 1970. The minimum Gasteiger partial charge on any atom is -0.735 e. The number of ether oxygens (including phenoxy) is 6. The second-order valence-corrected chi connectivity index (χ2v) is 17.4. The molecule has 0 amide bonds. The zero-order valence-corrected chi connectivity index (χ0v) is 32.1. The molecule has 0 spiro atoms. The molecule has 38 heteroatoms. The van der Waals surface area contributed by atoms with Gasteiger partial charge in [0, 0.05) is 6.54 Å². The summed E-state index contributed by atoms with van der Waals surface area (Å²) in [6, 6.07) is -4.85. The van der Waals surface area contributed by atoms with Gasteiger partial charge in [-0.25, -0.2) is 56.3 Å². The van der Waals surface area contributed by atoms with Gasteiger partial charge in [-0.15, -0.1) is 0 Å². The van der Waals surface area contributed by atoms with Crippen LogP contribution >= 0.6 is 0 Å². The van der Waals surface area contributed by atoms with E-state index in [0.717, 1.165) is 0 Å². The minimum atomic E-state index is -5.66. The number of hydrogen-bond acceptors (Lipinski definition) is 30. The average molecular weight is 954 g/mol.